The fraction of sp³-hybridized carbons (Fsp3) is 0.543. The lowest BCUT2D eigenvalue weighted by molar-refractivity contribution is -0.159. The zero-order valence-corrected chi connectivity index (χ0v) is 28.2. The van der Waals surface area contributed by atoms with Crippen molar-refractivity contribution in [2.24, 2.45) is 5.92 Å². The van der Waals surface area contributed by atoms with Crippen molar-refractivity contribution >= 4 is 23.9 Å². The highest BCUT2D eigenvalue weighted by molar-refractivity contribution is 5.94. The van der Waals surface area contributed by atoms with Gasteiger partial charge in [-0.05, 0) is 90.5 Å². The van der Waals surface area contributed by atoms with Crippen LogP contribution in [0.15, 0.2) is 48.5 Å². The minimum Gasteiger partial charge on any atom is -0.458 e. The van der Waals surface area contributed by atoms with Crippen molar-refractivity contribution in [1.82, 2.24) is 15.5 Å². The number of hydrogen-bond donors (Lipinski definition) is 2. The number of rotatable bonds is 11. The van der Waals surface area contributed by atoms with E-state index in [2.05, 4.69) is 10.6 Å². The SMILES string of the molecule is CCN(C(=O)C(NC(=O)OC(C)(C)C)C(C)C)C(C(=O)NC(Cc1ccccc1)C(=O)OC(C)(C)C)c1cccc(C)c1C. The molecular formula is C35H51N3O6. The van der Waals surface area contributed by atoms with Crippen molar-refractivity contribution in [3.05, 3.63) is 70.8 Å². The third-order valence-corrected chi connectivity index (χ3v) is 7.02. The number of alkyl carbamates (subject to hydrolysis) is 1. The summed E-state index contributed by atoms with van der Waals surface area (Å²) in [7, 11) is 0. The summed E-state index contributed by atoms with van der Waals surface area (Å²) in [5.74, 6) is -1.85. The lowest BCUT2D eigenvalue weighted by Gasteiger charge is -2.36. The van der Waals surface area contributed by atoms with E-state index in [1.165, 1.54) is 4.90 Å². The first-order valence-corrected chi connectivity index (χ1v) is 15.3. The summed E-state index contributed by atoms with van der Waals surface area (Å²) in [5.41, 5.74) is 1.74. The number of ether oxygens (including phenoxy) is 2. The van der Waals surface area contributed by atoms with E-state index < -0.39 is 53.2 Å². The molecule has 2 aromatic carbocycles. The second kappa shape index (κ2) is 15.2. The Bertz CT molecular complexity index is 1290. The number of benzene rings is 2. The first-order valence-electron chi connectivity index (χ1n) is 15.3. The molecule has 0 aromatic heterocycles. The molecule has 0 radical (unpaired) electrons. The first kappa shape index (κ1) is 36.3. The first-order chi connectivity index (χ1) is 20.3. The number of esters is 1. The van der Waals surface area contributed by atoms with Crippen LogP contribution in [0, 0.1) is 19.8 Å². The molecule has 0 saturated heterocycles. The van der Waals surface area contributed by atoms with Crippen LogP contribution < -0.4 is 10.6 Å². The highest BCUT2D eigenvalue weighted by Gasteiger charge is 2.39. The van der Waals surface area contributed by atoms with E-state index in [0.29, 0.717) is 5.56 Å². The third kappa shape index (κ3) is 10.7. The second-order valence-electron chi connectivity index (χ2n) is 13.5. The van der Waals surface area contributed by atoms with E-state index in [1.54, 1.807) is 48.5 Å². The average Bonchev–Trinajstić information content (AvgIpc) is 2.90. The van der Waals surface area contributed by atoms with Crippen LogP contribution in [0.5, 0.6) is 0 Å². The second-order valence-corrected chi connectivity index (χ2v) is 13.5. The van der Waals surface area contributed by atoms with Gasteiger partial charge in [-0.25, -0.2) is 9.59 Å². The van der Waals surface area contributed by atoms with Crippen LogP contribution in [0.4, 0.5) is 4.79 Å². The van der Waals surface area contributed by atoms with Gasteiger partial charge in [-0.1, -0.05) is 62.4 Å². The summed E-state index contributed by atoms with van der Waals surface area (Å²) in [6.07, 6.45) is -0.517. The number of aryl methyl sites for hydroxylation is 1. The minimum atomic E-state index is -1.09. The van der Waals surface area contributed by atoms with Crippen LogP contribution in [-0.4, -0.2) is 58.6 Å². The molecule has 0 aliphatic rings. The third-order valence-electron chi connectivity index (χ3n) is 7.02. The summed E-state index contributed by atoms with van der Waals surface area (Å²) >= 11 is 0. The van der Waals surface area contributed by atoms with Crippen molar-refractivity contribution in [1.29, 1.82) is 0 Å². The van der Waals surface area contributed by atoms with Gasteiger partial charge < -0.3 is 25.0 Å². The fourth-order valence-corrected chi connectivity index (χ4v) is 4.78. The topological polar surface area (TPSA) is 114 Å². The molecule has 0 spiro atoms. The number of carbonyl (C=O) groups excluding carboxylic acids is 4. The van der Waals surface area contributed by atoms with Gasteiger partial charge in [-0.2, -0.15) is 0 Å². The highest BCUT2D eigenvalue weighted by atomic mass is 16.6. The van der Waals surface area contributed by atoms with Crippen molar-refractivity contribution in [2.75, 3.05) is 6.54 Å². The molecule has 0 saturated carbocycles. The monoisotopic (exact) mass is 609 g/mol. The van der Waals surface area contributed by atoms with Crippen LogP contribution in [0.1, 0.15) is 90.6 Å². The maximum absolute atomic E-state index is 14.4. The molecule has 0 aliphatic heterocycles. The Labute approximate surface area is 263 Å². The summed E-state index contributed by atoms with van der Waals surface area (Å²) in [5, 5.41) is 5.64. The lowest BCUT2D eigenvalue weighted by Crippen LogP contribution is -2.56. The van der Waals surface area contributed by atoms with E-state index in [-0.39, 0.29) is 18.9 Å². The van der Waals surface area contributed by atoms with Gasteiger partial charge in [0, 0.05) is 13.0 Å². The number of amides is 3. The normalized spacial score (nSPS) is 13.8. The maximum Gasteiger partial charge on any atom is 0.408 e. The van der Waals surface area contributed by atoms with Crippen LogP contribution in [0.3, 0.4) is 0 Å². The Kier molecular flexibility index (Phi) is 12.6. The van der Waals surface area contributed by atoms with Crippen LogP contribution >= 0.6 is 0 Å². The highest BCUT2D eigenvalue weighted by Crippen LogP contribution is 2.28. The van der Waals surface area contributed by atoms with Crippen molar-refractivity contribution in [3.8, 4) is 0 Å². The molecule has 0 fully saturated rings. The Balaban J connectivity index is 2.58. The van der Waals surface area contributed by atoms with E-state index in [4.69, 9.17) is 9.47 Å². The summed E-state index contributed by atoms with van der Waals surface area (Å²) < 4.78 is 11.1. The smallest absolute Gasteiger partial charge is 0.408 e. The Morgan fingerprint density at radius 1 is 0.818 bits per heavy atom. The number of nitrogens with one attached hydrogen (secondary N) is 2. The fourth-order valence-electron chi connectivity index (χ4n) is 4.78. The summed E-state index contributed by atoms with van der Waals surface area (Å²) in [4.78, 5) is 56.2. The van der Waals surface area contributed by atoms with Crippen molar-refractivity contribution in [2.45, 2.75) is 112 Å². The van der Waals surface area contributed by atoms with E-state index >= 15 is 0 Å². The molecule has 9 heteroatoms. The van der Waals surface area contributed by atoms with Gasteiger partial charge >= 0.3 is 12.1 Å². The molecule has 2 rings (SSSR count). The zero-order valence-electron chi connectivity index (χ0n) is 28.2. The molecule has 44 heavy (non-hydrogen) atoms. The maximum atomic E-state index is 14.4. The largest absolute Gasteiger partial charge is 0.458 e. The summed E-state index contributed by atoms with van der Waals surface area (Å²) in [6.45, 7) is 20.0. The molecule has 2 N–H and O–H groups in total. The molecule has 9 nitrogen and oxygen atoms in total. The number of hydrogen-bond acceptors (Lipinski definition) is 6. The molecule has 242 valence electrons. The standard InChI is InChI=1S/C35H51N3O6/c1-12-38(31(40)28(22(2)3)37-33(42)44-35(9,10)11)29(26-20-16-17-23(4)24(26)5)30(39)36-27(32(41)43-34(6,7)8)21-25-18-14-13-15-19-25/h13-20,22,27-29H,12,21H2,1-11H3,(H,36,39)(H,37,42). The predicted octanol–water partition coefficient (Wildman–Crippen LogP) is 5.81. The Morgan fingerprint density at radius 2 is 1.41 bits per heavy atom. The van der Waals surface area contributed by atoms with Gasteiger partial charge in [-0.15, -0.1) is 0 Å². The van der Waals surface area contributed by atoms with Crippen molar-refractivity contribution < 1.29 is 28.7 Å². The van der Waals surface area contributed by atoms with E-state index in [9.17, 15) is 19.2 Å². The molecule has 2 aromatic rings. The van der Waals surface area contributed by atoms with Crippen molar-refractivity contribution in [3.63, 3.8) is 0 Å². The number of likely N-dealkylation sites (N-methyl/N-ethyl adjacent to an activating group) is 1. The molecule has 0 aliphatic carbocycles. The van der Waals surface area contributed by atoms with Gasteiger partial charge in [0.15, 0.2) is 0 Å². The average molecular weight is 610 g/mol. The molecule has 3 unspecified atom stereocenters. The molecule has 3 atom stereocenters. The predicted molar refractivity (Wildman–Crippen MR) is 172 cm³/mol. The molecule has 3 amide bonds. The van der Waals surface area contributed by atoms with E-state index in [1.807, 2.05) is 76.2 Å². The Morgan fingerprint density at radius 3 is 1.93 bits per heavy atom. The van der Waals surface area contributed by atoms with Crippen LogP contribution in [0.2, 0.25) is 0 Å². The van der Waals surface area contributed by atoms with Gasteiger partial charge in [-0.3, -0.25) is 9.59 Å². The minimum absolute atomic E-state index is 0.166. The number of carbonyl (C=O) groups is 4. The van der Waals surface area contributed by atoms with Crippen LogP contribution in [0.25, 0.3) is 0 Å². The van der Waals surface area contributed by atoms with Gasteiger partial charge in [0.05, 0.1) is 0 Å². The van der Waals surface area contributed by atoms with E-state index in [0.717, 1.165) is 16.7 Å². The zero-order chi connectivity index (χ0) is 33.4. The Hall–Kier alpha value is -3.88. The number of nitrogens with zero attached hydrogens (tertiary/aromatic N) is 1. The lowest BCUT2D eigenvalue weighted by atomic mass is 9.93. The summed E-state index contributed by atoms with van der Waals surface area (Å²) in [6, 6.07) is 11.9. The van der Waals surface area contributed by atoms with Gasteiger partial charge in [0.2, 0.25) is 11.8 Å². The van der Waals surface area contributed by atoms with Gasteiger partial charge in [0.1, 0.15) is 29.3 Å². The molecule has 0 bridgehead atoms. The van der Waals surface area contributed by atoms with Gasteiger partial charge in [0.25, 0.3) is 0 Å². The quantitative estimate of drug-likeness (QED) is 0.311. The molecular weight excluding hydrogens is 558 g/mol. The van der Waals surface area contributed by atoms with Crippen LogP contribution in [-0.2, 0) is 30.3 Å². The molecule has 0 heterocycles.